The van der Waals surface area contributed by atoms with E-state index in [9.17, 15) is 13.2 Å². The Morgan fingerprint density at radius 2 is 2.25 bits per heavy atom. The van der Waals surface area contributed by atoms with Crippen LogP contribution in [-0.4, -0.2) is 41.9 Å². The molecule has 2 aromatic heterocycles. The van der Waals surface area contributed by atoms with Gasteiger partial charge in [-0.25, -0.2) is 8.42 Å². The Balaban J connectivity index is 1.47. The molecule has 0 saturated carbocycles. The quantitative estimate of drug-likeness (QED) is 0.584. The number of hydrogen-bond donors (Lipinski definition) is 1. The van der Waals surface area contributed by atoms with Gasteiger partial charge in [-0.05, 0) is 37.1 Å². The van der Waals surface area contributed by atoms with Crippen LogP contribution in [0.15, 0.2) is 44.4 Å². The van der Waals surface area contributed by atoms with E-state index in [1.165, 1.54) is 4.31 Å². The molecule has 0 spiro atoms. The number of aromatic nitrogens is 2. The molecule has 1 N–H and O–H groups in total. The second-order valence-electron chi connectivity index (χ2n) is 7.40. The third kappa shape index (κ3) is 4.57. The monoisotopic (exact) mass is 471 g/mol. The van der Waals surface area contributed by atoms with Crippen molar-refractivity contribution < 1.29 is 17.7 Å². The van der Waals surface area contributed by atoms with Gasteiger partial charge in [0, 0.05) is 36.1 Å². The molecule has 4 rings (SSSR count). The van der Waals surface area contributed by atoms with E-state index < -0.39 is 15.9 Å². The number of amides is 1. The lowest BCUT2D eigenvalue weighted by molar-refractivity contribution is -0.120. The first kappa shape index (κ1) is 22.1. The number of rotatable bonds is 6. The molecule has 9 nitrogen and oxygen atoms in total. The Morgan fingerprint density at radius 3 is 3.00 bits per heavy atom. The SMILES string of the molecule is CCc1nc(-c2csc(S(=O)(=O)N3CCC[C@H](C(=O)Nc4cccc(C#N)c4)C3)c2)no1. The molecule has 0 radical (unpaired) electrons. The second kappa shape index (κ2) is 9.20. The predicted octanol–water partition coefficient (Wildman–Crippen LogP) is 3.27. The molecule has 0 aliphatic carbocycles. The number of nitrogens with zero attached hydrogens (tertiary/aromatic N) is 4. The summed E-state index contributed by atoms with van der Waals surface area (Å²) in [4.78, 5) is 17.0. The van der Waals surface area contributed by atoms with Crippen LogP contribution >= 0.6 is 11.3 Å². The Hall–Kier alpha value is -3.07. The fourth-order valence-electron chi connectivity index (χ4n) is 3.50. The average Bonchev–Trinajstić information content (AvgIpc) is 3.49. The maximum atomic E-state index is 13.2. The van der Waals surface area contributed by atoms with E-state index in [1.807, 2.05) is 13.0 Å². The van der Waals surface area contributed by atoms with E-state index in [4.69, 9.17) is 9.78 Å². The maximum Gasteiger partial charge on any atom is 0.252 e. The highest BCUT2D eigenvalue weighted by Gasteiger charge is 2.34. The number of carbonyl (C=O) groups excluding carboxylic acids is 1. The van der Waals surface area contributed by atoms with Crippen LogP contribution in [0.4, 0.5) is 5.69 Å². The molecule has 166 valence electrons. The van der Waals surface area contributed by atoms with Gasteiger partial charge >= 0.3 is 0 Å². The van der Waals surface area contributed by atoms with Gasteiger partial charge in [0.15, 0.2) is 0 Å². The molecule has 1 aromatic carbocycles. The number of piperidine rings is 1. The van der Waals surface area contributed by atoms with Gasteiger partial charge in [-0.2, -0.15) is 14.6 Å². The van der Waals surface area contributed by atoms with Gasteiger partial charge in [-0.1, -0.05) is 18.1 Å². The normalized spacial score (nSPS) is 17.1. The Bertz CT molecular complexity index is 1280. The van der Waals surface area contributed by atoms with Crippen LogP contribution in [0.5, 0.6) is 0 Å². The number of benzene rings is 1. The van der Waals surface area contributed by atoms with Gasteiger partial charge in [0.2, 0.25) is 17.6 Å². The van der Waals surface area contributed by atoms with Crippen molar-refractivity contribution >= 4 is 33.0 Å². The summed E-state index contributed by atoms with van der Waals surface area (Å²) in [5.41, 5.74) is 1.54. The van der Waals surface area contributed by atoms with Crippen molar-refractivity contribution in [2.24, 2.45) is 5.92 Å². The van der Waals surface area contributed by atoms with Crippen LogP contribution in [-0.2, 0) is 21.2 Å². The molecule has 11 heteroatoms. The van der Waals surface area contributed by atoms with Crippen molar-refractivity contribution in [3.63, 3.8) is 0 Å². The number of hydrogen-bond acceptors (Lipinski definition) is 8. The number of nitrogens with one attached hydrogen (secondary N) is 1. The predicted molar refractivity (Wildman–Crippen MR) is 118 cm³/mol. The topological polar surface area (TPSA) is 129 Å². The van der Waals surface area contributed by atoms with Crippen LogP contribution in [0.25, 0.3) is 11.4 Å². The van der Waals surface area contributed by atoms with E-state index in [0.717, 1.165) is 11.3 Å². The summed E-state index contributed by atoms with van der Waals surface area (Å²) in [6.07, 6.45) is 1.77. The largest absolute Gasteiger partial charge is 0.339 e. The highest BCUT2D eigenvalue weighted by atomic mass is 32.2. The fourth-order valence-corrected chi connectivity index (χ4v) is 6.33. The molecule has 1 atom stereocenters. The van der Waals surface area contributed by atoms with Crippen LogP contribution in [0.3, 0.4) is 0 Å². The molecule has 1 amide bonds. The molecule has 1 aliphatic heterocycles. The van der Waals surface area contributed by atoms with E-state index in [2.05, 4.69) is 15.5 Å². The molecule has 32 heavy (non-hydrogen) atoms. The van der Waals surface area contributed by atoms with Crippen molar-refractivity contribution in [1.82, 2.24) is 14.4 Å². The van der Waals surface area contributed by atoms with Gasteiger partial charge < -0.3 is 9.84 Å². The average molecular weight is 472 g/mol. The molecule has 1 aliphatic rings. The molecule has 0 unspecified atom stereocenters. The summed E-state index contributed by atoms with van der Waals surface area (Å²) in [5, 5.41) is 17.4. The summed E-state index contributed by atoms with van der Waals surface area (Å²) in [6.45, 7) is 2.34. The molecular formula is C21H21N5O4S2. The molecule has 1 fully saturated rings. The zero-order chi connectivity index (χ0) is 22.7. The van der Waals surface area contributed by atoms with Crippen LogP contribution in [0.1, 0.15) is 31.2 Å². The van der Waals surface area contributed by atoms with E-state index in [0.29, 0.717) is 54.3 Å². The minimum absolute atomic E-state index is 0.0987. The number of nitriles is 1. The number of sulfonamides is 1. The smallest absolute Gasteiger partial charge is 0.252 e. The Labute approximate surface area is 189 Å². The zero-order valence-corrected chi connectivity index (χ0v) is 18.9. The van der Waals surface area contributed by atoms with E-state index >= 15 is 0 Å². The second-order valence-corrected chi connectivity index (χ2v) is 10.5. The lowest BCUT2D eigenvalue weighted by Crippen LogP contribution is -2.43. The van der Waals surface area contributed by atoms with Crippen molar-refractivity contribution in [3.05, 3.63) is 47.2 Å². The maximum absolute atomic E-state index is 13.2. The van der Waals surface area contributed by atoms with Crippen molar-refractivity contribution in [1.29, 1.82) is 5.26 Å². The molecule has 0 bridgehead atoms. The third-order valence-corrected chi connectivity index (χ3v) is 8.49. The van der Waals surface area contributed by atoms with Crippen LogP contribution < -0.4 is 5.32 Å². The van der Waals surface area contributed by atoms with Crippen molar-refractivity contribution in [2.45, 2.75) is 30.4 Å². The summed E-state index contributed by atoms with van der Waals surface area (Å²) in [6, 6.07) is 10.2. The molecule has 3 aromatic rings. The number of thiophene rings is 1. The first-order valence-electron chi connectivity index (χ1n) is 10.1. The summed E-state index contributed by atoms with van der Waals surface area (Å²) in [7, 11) is -3.76. The lowest BCUT2D eigenvalue weighted by atomic mass is 9.98. The molecular weight excluding hydrogens is 450 g/mol. The van der Waals surface area contributed by atoms with Gasteiger partial charge in [-0.3, -0.25) is 4.79 Å². The van der Waals surface area contributed by atoms with Crippen molar-refractivity contribution in [3.8, 4) is 17.5 Å². The van der Waals surface area contributed by atoms with Crippen molar-refractivity contribution in [2.75, 3.05) is 18.4 Å². The number of anilines is 1. The standard InChI is InChI=1S/C21H21N5O4S2/c1-2-18-24-20(25-30-18)16-10-19(31-13-16)32(28,29)26-8-4-6-15(12-26)21(27)23-17-7-3-5-14(9-17)11-22/h3,5,7,9-10,13,15H,2,4,6,8,12H2,1H3,(H,23,27)/t15-/m0/s1. The van der Waals surface area contributed by atoms with E-state index in [1.54, 1.807) is 35.7 Å². The first-order chi connectivity index (χ1) is 15.4. The van der Waals surface area contributed by atoms with Gasteiger partial charge in [0.25, 0.3) is 10.0 Å². The van der Waals surface area contributed by atoms with Gasteiger partial charge in [0.1, 0.15) is 4.21 Å². The lowest BCUT2D eigenvalue weighted by Gasteiger charge is -2.30. The summed E-state index contributed by atoms with van der Waals surface area (Å²) < 4.78 is 33.1. The van der Waals surface area contributed by atoms with Gasteiger partial charge in [0.05, 0.1) is 17.6 Å². The Morgan fingerprint density at radius 1 is 1.41 bits per heavy atom. The fraction of sp³-hybridized carbons (Fsp3) is 0.333. The first-order valence-corrected chi connectivity index (χ1v) is 12.5. The number of carbonyl (C=O) groups is 1. The highest BCUT2D eigenvalue weighted by Crippen LogP contribution is 2.31. The minimum atomic E-state index is -3.76. The minimum Gasteiger partial charge on any atom is -0.339 e. The zero-order valence-electron chi connectivity index (χ0n) is 17.3. The molecule has 3 heterocycles. The summed E-state index contributed by atoms with van der Waals surface area (Å²) in [5.74, 6) is 0.106. The van der Waals surface area contributed by atoms with Crippen LogP contribution in [0.2, 0.25) is 0 Å². The molecule has 1 saturated heterocycles. The summed E-state index contributed by atoms with van der Waals surface area (Å²) >= 11 is 1.10. The highest BCUT2D eigenvalue weighted by molar-refractivity contribution is 7.91. The number of aryl methyl sites for hydroxylation is 1. The van der Waals surface area contributed by atoms with E-state index in [-0.39, 0.29) is 16.7 Å². The van der Waals surface area contributed by atoms with Crippen LogP contribution in [0, 0.1) is 17.2 Å². The third-order valence-electron chi connectivity index (χ3n) is 5.21. The van der Waals surface area contributed by atoms with Gasteiger partial charge in [-0.15, -0.1) is 11.3 Å². The Kier molecular flexibility index (Phi) is 6.36.